The van der Waals surface area contributed by atoms with E-state index in [1.165, 1.54) is 0 Å². The summed E-state index contributed by atoms with van der Waals surface area (Å²) in [6, 6.07) is 7.50. The van der Waals surface area contributed by atoms with E-state index in [1.807, 2.05) is 19.1 Å². The van der Waals surface area contributed by atoms with E-state index in [9.17, 15) is 14.4 Å². The number of nitrogens with one attached hydrogen (secondary N) is 3. The van der Waals surface area contributed by atoms with E-state index in [0.717, 1.165) is 37.7 Å². The Balaban J connectivity index is 1.76. The molecule has 1 fully saturated rings. The molecule has 0 heterocycles. The molecule has 3 amide bonds. The minimum atomic E-state index is -0.875. The average Bonchev–Trinajstić information content (AvgIpc) is 3.13. The first-order chi connectivity index (χ1) is 12.5. The first kappa shape index (κ1) is 19.6. The summed E-state index contributed by atoms with van der Waals surface area (Å²) in [4.78, 5) is 35.6. The van der Waals surface area contributed by atoms with Crippen molar-refractivity contribution in [1.29, 1.82) is 0 Å². The SMILES string of the molecule is CCc1ccc(NC(=O)C(=O)N/N=C(\C)CC(=O)NC2CCCC2)cc1. The zero-order valence-electron chi connectivity index (χ0n) is 15.3. The summed E-state index contributed by atoms with van der Waals surface area (Å²) < 4.78 is 0. The molecular weight excluding hydrogens is 332 g/mol. The van der Waals surface area contributed by atoms with Crippen LogP contribution < -0.4 is 16.1 Å². The van der Waals surface area contributed by atoms with Crippen molar-refractivity contribution in [3.8, 4) is 0 Å². The summed E-state index contributed by atoms with van der Waals surface area (Å²) in [5.41, 5.74) is 4.30. The van der Waals surface area contributed by atoms with Gasteiger partial charge in [0.25, 0.3) is 0 Å². The van der Waals surface area contributed by atoms with Crippen LogP contribution >= 0.6 is 0 Å². The fourth-order valence-electron chi connectivity index (χ4n) is 2.83. The summed E-state index contributed by atoms with van der Waals surface area (Å²) in [7, 11) is 0. The van der Waals surface area contributed by atoms with Crippen molar-refractivity contribution in [2.24, 2.45) is 5.10 Å². The number of hydrogen-bond acceptors (Lipinski definition) is 4. The summed E-state index contributed by atoms with van der Waals surface area (Å²) in [5, 5.41) is 9.28. The number of rotatable bonds is 6. The van der Waals surface area contributed by atoms with Gasteiger partial charge in [0.2, 0.25) is 5.91 Å². The second kappa shape index (κ2) is 9.70. The van der Waals surface area contributed by atoms with Crippen LogP contribution in [0.4, 0.5) is 5.69 Å². The summed E-state index contributed by atoms with van der Waals surface area (Å²) in [6.45, 7) is 3.67. The van der Waals surface area contributed by atoms with E-state index in [0.29, 0.717) is 11.4 Å². The molecule has 140 valence electrons. The van der Waals surface area contributed by atoms with E-state index in [2.05, 4.69) is 21.2 Å². The molecule has 0 unspecified atom stereocenters. The van der Waals surface area contributed by atoms with E-state index in [4.69, 9.17) is 0 Å². The molecule has 3 N–H and O–H groups in total. The second-order valence-electron chi connectivity index (χ2n) is 6.52. The molecule has 1 aromatic carbocycles. The van der Waals surface area contributed by atoms with Gasteiger partial charge in [-0.3, -0.25) is 14.4 Å². The normalized spacial score (nSPS) is 14.8. The predicted octanol–water partition coefficient (Wildman–Crippen LogP) is 2.13. The van der Waals surface area contributed by atoms with Crippen molar-refractivity contribution in [1.82, 2.24) is 10.7 Å². The molecule has 1 saturated carbocycles. The molecule has 0 aromatic heterocycles. The van der Waals surface area contributed by atoms with Crippen LogP contribution in [0.25, 0.3) is 0 Å². The summed E-state index contributed by atoms with van der Waals surface area (Å²) in [6.07, 6.45) is 5.30. The van der Waals surface area contributed by atoms with E-state index in [-0.39, 0.29) is 18.4 Å². The van der Waals surface area contributed by atoms with Crippen LogP contribution in [-0.4, -0.2) is 29.5 Å². The lowest BCUT2D eigenvalue weighted by atomic mass is 10.1. The maximum atomic E-state index is 11.9. The fraction of sp³-hybridized carbons (Fsp3) is 0.474. The van der Waals surface area contributed by atoms with Gasteiger partial charge in [0.15, 0.2) is 0 Å². The second-order valence-corrected chi connectivity index (χ2v) is 6.52. The Hall–Kier alpha value is -2.70. The van der Waals surface area contributed by atoms with Crippen molar-refractivity contribution in [3.05, 3.63) is 29.8 Å². The number of benzene rings is 1. The van der Waals surface area contributed by atoms with Gasteiger partial charge in [-0.15, -0.1) is 0 Å². The fourth-order valence-corrected chi connectivity index (χ4v) is 2.83. The lowest BCUT2D eigenvalue weighted by Gasteiger charge is -2.11. The first-order valence-corrected chi connectivity index (χ1v) is 9.00. The number of aryl methyl sites for hydroxylation is 1. The zero-order chi connectivity index (χ0) is 18.9. The van der Waals surface area contributed by atoms with Crippen molar-refractivity contribution < 1.29 is 14.4 Å². The first-order valence-electron chi connectivity index (χ1n) is 9.00. The van der Waals surface area contributed by atoms with Gasteiger partial charge in [0.1, 0.15) is 0 Å². The van der Waals surface area contributed by atoms with Crippen LogP contribution in [0.5, 0.6) is 0 Å². The zero-order valence-corrected chi connectivity index (χ0v) is 15.3. The number of amides is 3. The van der Waals surface area contributed by atoms with Gasteiger partial charge in [-0.25, -0.2) is 5.43 Å². The maximum Gasteiger partial charge on any atom is 0.329 e. The van der Waals surface area contributed by atoms with Crippen molar-refractivity contribution in [3.63, 3.8) is 0 Å². The number of hydrogen-bond donors (Lipinski definition) is 3. The smallest absolute Gasteiger partial charge is 0.329 e. The van der Waals surface area contributed by atoms with Crippen molar-refractivity contribution >= 4 is 29.1 Å². The van der Waals surface area contributed by atoms with E-state index >= 15 is 0 Å². The van der Waals surface area contributed by atoms with Crippen LogP contribution in [0.1, 0.15) is 51.5 Å². The van der Waals surface area contributed by atoms with Gasteiger partial charge in [-0.1, -0.05) is 31.9 Å². The molecule has 1 aliphatic carbocycles. The van der Waals surface area contributed by atoms with Crippen LogP contribution in [0.2, 0.25) is 0 Å². The van der Waals surface area contributed by atoms with Gasteiger partial charge >= 0.3 is 11.8 Å². The van der Waals surface area contributed by atoms with Crippen LogP contribution in [0.15, 0.2) is 29.4 Å². The Labute approximate surface area is 153 Å². The molecule has 7 heteroatoms. The molecule has 7 nitrogen and oxygen atoms in total. The van der Waals surface area contributed by atoms with Crippen molar-refractivity contribution in [2.45, 2.75) is 58.4 Å². The van der Waals surface area contributed by atoms with Gasteiger partial charge < -0.3 is 10.6 Å². The third-order valence-electron chi connectivity index (χ3n) is 4.31. The summed E-state index contributed by atoms with van der Waals surface area (Å²) in [5.74, 6) is -1.80. The lowest BCUT2D eigenvalue weighted by Crippen LogP contribution is -2.35. The standard InChI is InChI=1S/C19H26N4O3/c1-3-14-8-10-16(11-9-14)21-18(25)19(26)23-22-13(2)12-17(24)20-15-6-4-5-7-15/h8-11,15H,3-7,12H2,1-2H3,(H,20,24)(H,21,25)(H,23,26)/b22-13+. The van der Waals surface area contributed by atoms with Gasteiger partial charge in [-0.2, -0.15) is 5.10 Å². The topological polar surface area (TPSA) is 99.7 Å². The molecule has 0 spiro atoms. The van der Waals surface area contributed by atoms with Crippen LogP contribution in [0.3, 0.4) is 0 Å². The number of anilines is 1. The number of carbonyl (C=O) groups is 3. The minimum absolute atomic E-state index is 0.0941. The van der Waals surface area contributed by atoms with E-state index < -0.39 is 11.8 Å². The van der Waals surface area contributed by atoms with Gasteiger partial charge in [-0.05, 0) is 43.9 Å². The molecule has 1 aromatic rings. The molecule has 26 heavy (non-hydrogen) atoms. The molecule has 1 aliphatic rings. The Morgan fingerprint density at radius 3 is 2.35 bits per heavy atom. The molecule has 0 radical (unpaired) electrons. The Bertz CT molecular complexity index is 677. The number of carbonyl (C=O) groups excluding carboxylic acids is 3. The molecule has 0 bridgehead atoms. The average molecular weight is 358 g/mol. The Kier molecular flexibility index (Phi) is 7.32. The maximum absolute atomic E-state index is 11.9. The van der Waals surface area contributed by atoms with Gasteiger partial charge in [0, 0.05) is 17.4 Å². The Morgan fingerprint density at radius 1 is 1.08 bits per heavy atom. The highest BCUT2D eigenvalue weighted by atomic mass is 16.2. The third kappa shape index (κ3) is 6.31. The van der Waals surface area contributed by atoms with E-state index in [1.54, 1.807) is 19.1 Å². The highest BCUT2D eigenvalue weighted by molar-refractivity contribution is 6.39. The highest BCUT2D eigenvalue weighted by Crippen LogP contribution is 2.17. The van der Waals surface area contributed by atoms with Gasteiger partial charge in [0.05, 0.1) is 6.42 Å². The quantitative estimate of drug-likeness (QED) is 0.413. The Morgan fingerprint density at radius 2 is 1.73 bits per heavy atom. The molecule has 2 rings (SSSR count). The monoisotopic (exact) mass is 358 g/mol. The van der Waals surface area contributed by atoms with Crippen LogP contribution in [-0.2, 0) is 20.8 Å². The molecule has 0 atom stereocenters. The predicted molar refractivity (Wildman–Crippen MR) is 101 cm³/mol. The molecule has 0 saturated heterocycles. The van der Waals surface area contributed by atoms with Crippen LogP contribution in [0, 0.1) is 0 Å². The largest absolute Gasteiger partial charge is 0.353 e. The summed E-state index contributed by atoms with van der Waals surface area (Å²) >= 11 is 0. The minimum Gasteiger partial charge on any atom is -0.353 e. The highest BCUT2D eigenvalue weighted by Gasteiger charge is 2.18. The third-order valence-corrected chi connectivity index (χ3v) is 4.31. The molecular formula is C19H26N4O3. The number of hydrazone groups is 1. The van der Waals surface area contributed by atoms with Crippen molar-refractivity contribution in [2.75, 3.05) is 5.32 Å². The lowest BCUT2D eigenvalue weighted by molar-refractivity contribution is -0.136. The number of nitrogens with zero attached hydrogens (tertiary/aromatic N) is 1. The molecule has 0 aliphatic heterocycles.